The van der Waals surface area contributed by atoms with Gasteiger partial charge in [0.05, 0.1) is 12.1 Å². The Morgan fingerprint density at radius 3 is 2.56 bits per heavy atom. The van der Waals surface area contributed by atoms with Crippen LogP contribution in [-0.4, -0.2) is 47.7 Å². The van der Waals surface area contributed by atoms with Gasteiger partial charge in [0, 0.05) is 19.6 Å². The fraction of sp³-hybridized carbons (Fsp3) is 0.917. The summed E-state index contributed by atoms with van der Waals surface area (Å²) in [5, 5.41) is 12.5. The first-order valence-electron chi connectivity index (χ1n) is 6.36. The Kier molecular flexibility index (Phi) is 3.82. The zero-order valence-corrected chi connectivity index (χ0v) is 9.98. The minimum atomic E-state index is -0.353. The molecule has 1 amide bonds. The van der Waals surface area contributed by atoms with E-state index in [1.54, 1.807) is 0 Å². The van der Waals surface area contributed by atoms with Crippen LogP contribution in [0.5, 0.6) is 0 Å². The summed E-state index contributed by atoms with van der Waals surface area (Å²) in [6.45, 7) is 0.551. The van der Waals surface area contributed by atoms with Crippen molar-refractivity contribution in [3.63, 3.8) is 0 Å². The first-order chi connectivity index (χ1) is 7.68. The lowest BCUT2D eigenvalue weighted by Gasteiger charge is -2.32. The Morgan fingerprint density at radius 1 is 1.31 bits per heavy atom. The molecule has 0 spiro atoms. The number of β-amino-alcohol motifs (C(OH)–C–C–N with tert-alkyl or cyclic N) is 1. The van der Waals surface area contributed by atoms with Crippen molar-refractivity contribution in [2.45, 2.75) is 56.7 Å². The smallest absolute Gasteiger partial charge is 0.239 e. The van der Waals surface area contributed by atoms with Crippen molar-refractivity contribution in [2.24, 2.45) is 0 Å². The third-order valence-electron chi connectivity index (χ3n) is 3.88. The summed E-state index contributed by atoms with van der Waals surface area (Å²) in [5.74, 6) is 0.156. The van der Waals surface area contributed by atoms with Crippen LogP contribution in [0, 0.1) is 0 Å². The number of hydrogen-bond acceptors (Lipinski definition) is 3. The van der Waals surface area contributed by atoms with Gasteiger partial charge in [-0.05, 0) is 19.3 Å². The SMILES string of the molecule is CN(C(=O)C1CC(O)CN1)C1CCCCC1. The Hall–Kier alpha value is -0.610. The number of rotatable bonds is 2. The summed E-state index contributed by atoms with van der Waals surface area (Å²) in [4.78, 5) is 14.0. The van der Waals surface area contributed by atoms with E-state index in [9.17, 15) is 9.90 Å². The van der Waals surface area contributed by atoms with E-state index in [1.807, 2.05) is 11.9 Å². The lowest BCUT2D eigenvalue weighted by atomic mass is 9.94. The predicted molar refractivity (Wildman–Crippen MR) is 62.1 cm³/mol. The van der Waals surface area contributed by atoms with Crippen molar-refractivity contribution in [3.8, 4) is 0 Å². The van der Waals surface area contributed by atoms with Crippen LogP contribution in [0.4, 0.5) is 0 Å². The zero-order valence-electron chi connectivity index (χ0n) is 9.98. The van der Waals surface area contributed by atoms with Gasteiger partial charge in [0.1, 0.15) is 0 Å². The molecule has 2 rings (SSSR count). The Balaban J connectivity index is 1.88. The number of aliphatic hydroxyl groups excluding tert-OH is 1. The first kappa shape index (κ1) is 11.9. The number of likely N-dealkylation sites (N-methyl/N-ethyl adjacent to an activating group) is 1. The molecule has 0 aromatic carbocycles. The van der Waals surface area contributed by atoms with Crippen LogP contribution in [0.25, 0.3) is 0 Å². The topological polar surface area (TPSA) is 52.6 Å². The molecule has 1 aliphatic heterocycles. The van der Waals surface area contributed by atoms with Gasteiger partial charge in [0.25, 0.3) is 0 Å². The molecule has 16 heavy (non-hydrogen) atoms. The van der Waals surface area contributed by atoms with Gasteiger partial charge < -0.3 is 15.3 Å². The largest absolute Gasteiger partial charge is 0.392 e. The first-order valence-corrected chi connectivity index (χ1v) is 6.36. The maximum absolute atomic E-state index is 12.1. The maximum Gasteiger partial charge on any atom is 0.239 e. The second kappa shape index (κ2) is 5.15. The summed E-state index contributed by atoms with van der Waals surface area (Å²) in [7, 11) is 1.91. The highest BCUT2D eigenvalue weighted by Crippen LogP contribution is 2.22. The second-order valence-electron chi connectivity index (χ2n) is 5.09. The summed E-state index contributed by atoms with van der Waals surface area (Å²) < 4.78 is 0. The molecule has 1 heterocycles. The molecule has 92 valence electrons. The molecule has 0 bridgehead atoms. The Labute approximate surface area is 97.0 Å². The van der Waals surface area contributed by atoms with Crippen molar-refractivity contribution in [2.75, 3.05) is 13.6 Å². The zero-order chi connectivity index (χ0) is 11.5. The molecule has 2 fully saturated rings. The maximum atomic E-state index is 12.1. The molecule has 1 aliphatic carbocycles. The summed E-state index contributed by atoms with van der Waals surface area (Å²) in [6, 6.07) is 0.253. The average Bonchev–Trinajstić information content (AvgIpc) is 2.75. The number of hydrogen-bond donors (Lipinski definition) is 2. The number of nitrogens with zero attached hydrogens (tertiary/aromatic N) is 1. The van der Waals surface area contributed by atoms with Crippen molar-refractivity contribution >= 4 is 5.91 Å². The minimum Gasteiger partial charge on any atom is -0.392 e. The van der Waals surface area contributed by atoms with Gasteiger partial charge >= 0.3 is 0 Å². The lowest BCUT2D eigenvalue weighted by Crippen LogP contribution is -2.46. The second-order valence-corrected chi connectivity index (χ2v) is 5.09. The third kappa shape index (κ3) is 2.55. The summed E-state index contributed by atoms with van der Waals surface area (Å²) in [5.41, 5.74) is 0. The minimum absolute atomic E-state index is 0.156. The van der Waals surface area contributed by atoms with E-state index in [0.717, 1.165) is 12.8 Å². The van der Waals surface area contributed by atoms with Crippen LogP contribution in [-0.2, 0) is 4.79 Å². The van der Waals surface area contributed by atoms with Crippen LogP contribution in [0.3, 0.4) is 0 Å². The van der Waals surface area contributed by atoms with Crippen LogP contribution in [0.1, 0.15) is 38.5 Å². The van der Waals surface area contributed by atoms with Crippen molar-refractivity contribution < 1.29 is 9.90 Å². The molecular weight excluding hydrogens is 204 g/mol. The Bertz CT molecular complexity index is 251. The average molecular weight is 226 g/mol. The van der Waals surface area contributed by atoms with E-state index in [-0.39, 0.29) is 18.1 Å². The van der Waals surface area contributed by atoms with E-state index in [2.05, 4.69) is 5.32 Å². The van der Waals surface area contributed by atoms with Crippen LogP contribution in [0.2, 0.25) is 0 Å². The molecule has 0 aromatic rings. The van der Waals surface area contributed by atoms with E-state index >= 15 is 0 Å². The van der Waals surface area contributed by atoms with Gasteiger partial charge in [0.15, 0.2) is 0 Å². The van der Waals surface area contributed by atoms with Gasteiger partial charge in [-0.15, -0.1) is 0 Å². The number of carbonyl (C=O) groups is 1. The monoisotopic (exact) mass is 226 g/mol. The number of aliphatic hydroxyl groups is 1. The van der Waals surface area contributed by atoms with Gasteiger partial charge in [-0.25, -0.2) is 0 Å². The molecule has 0 aromatic heterocycles. The molecule has 2 N–H and O–H groups in total. The summed E-state index contributed by atoms with van der Waals surface area (Å²) >= 11 is 0. The van der Waals surface area contributed by atoms with E-state index in [0.29, 0.717) is 19.0 Å². The van der Waals surface area contributed by atoms with Gasteiger partial charge in [-0.3, -0.25) is 4.79 Å². The third-order valence-corrected chi connectivity index (χ3v) is 3.88. The van der Waals surface area contributed by atoms with Crippen molar-refractivity contribution in [3.05, 3.63) is 0 Å². The van der Waals surface area contributed by atoms with Gasteiger partial charge in [-0.2, -0.15) is 0 Å². The number of amides is 1. The molecule has 1 saturated carbocycles. The van der Waals surface area contributed by atoms with Crippen LogP contribution in [0.15, 0.2) is 0 Å². The fourth-order valence-electron chi connectivity index (χ4n) is 2.80. The highest BCUT2D eigenvalue weighted by Gasteiger charge is 2.32. The molecule has 2 aliphatic rings. The van der Waals surface area contributed by atoms with Gasteiger partial charge in [0.2, 0.25) is 5.91 Å². The highest BCUT2D eigenvalue weighted by molar-refractivity contribution is 5.82. The molecule has 0 radical (unpaired) electrons. The number of carbonyl (C=O) groups excluding carboxylic acids is 1. The lowest BCUT2D eigenvalue weighted by molar-refractivity contribution is -0.134. The molecule has 4 heteroatoms. The number of nitrogens with one attached hydrogen (secondary N) is 1. The quantitative estimate of drug-likeness (QED) is 0.721. The van der Waals surface area contributed by atoms with E-state index < -0.39 is 0 Å². The molecular formula is C12H22N2O2. The van der Waals surface area contributed by atoms with Gasteiger partial charge in [-0.1, -0.05) is 19.3 Å². The molecule has 2 atom stereocenters. The summed E-state index contributed by atoms with van der Waals surface area (Å²) in [6.07, 6.45) is 6.27. The Morgan fingerprint density at radius 2 is 2.00 bits per heavy atom. The predicted octanol–water partition coefficient (Wildman–Crippen LogP) is 0.500. The fourth-order valence-corrected chi connectivity index (χ4v) is 2.80. The highest BCUT2D eigenvalue weighted by atomic mass is 16.3. The van der Waals surface area contributed by atoms with E-state index in [4.69, 9.17) is 0 Å². The molecule has 4 nitrogen and oxygen atoms in total. The van der Waals surface area contributed by atoms with E-state index in [1.165, 1.54) is 19.3 Å². The molecule has 1 saturated heterocycles. The standard InChI is InChI=1S/C12H22N2O2/c1-14(9-5-3-2-4-6-9)12(16)11-7-10(15)8-13-11/h9-11,13,15H,2-8H2,1H3. The van der Waals surface area contributed by atoms with Crippen molar-refractivity contribution in [1.82, 2.24) is 10.2 Å². The molecule has 2 unspecified atom stereocenters. The van der Waals surface area contributed by atoms with Crippen LogP contribution < -0.4 is 5.32 Å². The van der Waals surface area contributed by atoms with Crippen molar-refractivity contribution in [1.29, 1.82) is 0 Å². The van der Waals surface area contributed by atoms with Crippen LogP contribution >= 0.6 is 0 Å². The normalized spacial score (nSPS) is 31.6.